The molecule has 3 aromatic rings. The van der Waals surface area contributed by atoms with E-state index in [0.29, 0.717) is 48.6 Å². The highest BCUT2D eigenvalue weighted by molar-refractivity contribution is 5.99. The van der Waals surface area contributed by atoms with E-state index < -0.39 is 11.8 Å². The zero-order valence-electron chi connectivity index (χ0n) is 22.5. The summed E-state index contributed by atoms with van der Waals surface area (Å²) in [5.74, 6) is 0.492. The second kappa shape index (κ2) is 11.7. The van der Waals surface area contributed by atoms with Crippen LogP contribution in [0.4, 0.5) is 0 Å². The lowest BCUT2D eigenvalue weighted by Gasteiger charge is -2.44. The molecule has 2 saturated heterocycles. The molecule has 1 aromatic heterocycles. The molecule has 10 heteroatoms. The fourth-order valence-electron chi connectivity index (χ4n) is 5.25. The summed E-state index contributed by atoms with van der Waals surface area (Å²) in [5, 5.41) is 2.93. The third-order valence-corrected chi connectivity index (χ3v) is 7.46. The average Bonchev–Trinajstić information content (AvgIpc) is 3.38. The second-order valence-corrected chi connectivity index (χ2v) is 9.78. The maximum absolute atomic E-state index is 13.9. The average molecular weight is 545 g/mol. The number of ether oxygens (including phenoxy) is 3. The van der Waals surface area contributed by atoms with Crippen molar-refractivity contribution in [3.8, 4) is 11.5 Å². The number of carbonyl (C=O) groups is 3. The van der Waals surface area contributed by atoms with Crippen LogP contribution in [0.15, 0.2) is 73.1 Å². The summed E-state index contributed by atoms with van der Waals surface area (Å²) < 4.78 is 16.8. The van der Waals surface area contributed by atoms with E-state index in [0.717, 1.165) is 5.56 Å². The Morgan fingerprint density at radius 2 is 1.70 bits per heavy atom. The summed E-state index contributed by atoms with van der Waals surface area (Å²) in [4.78, 5) is 48.0. The molecule has 0 aliphatic carbocycles. The lowest BCUT2D eigenvalue weighted by molar-refractivity contribution is -0.128. The third kappa shape index (κ3) is 5.48. The summed E-state index contributed by atoms with van der Waals surface area (Å²) in [6.45, 7) is 1.08. The van der Waals surface area contributed by atoms with E-state index in [4.69, 9.17) is 14.2 Å². The summed E-state index contributed by atoms with van der Waals surface area (Å²) in [6.07, 6.45) is 4.09. The van der Waals surface area contributed by atoms with Crippen molar-refractivity contribution in [3.05, 3.63) is 89.7 Å². The number of rotatable bonds is 7. The molecule has 208 valence electrons. The number of piperidine rings is 1. The molecule has 1 atom stereocenters. The molecule has 0 unspecified atom stereocenters. The molecule has 2 aliphatic rings. The summed E-state index contributed by atoms with van der Waals surface area (Å²) in [5.41, 5.74) is 0.785. The van der Waals surface area contributed by atoms with E-state index in [-0.39, 0.29) is 30.9 Å². The minimum Gasteiger partial charge on any atom is -0.497 e. The Morgan fingerprint density at radius 1 is 0.950 bits per heavy atom. The number of nitrogens with one attached hydrogen (secondary N) is 1. The number of hydrogen-bond donors (Lipinski definition) is 1. The Bertz CT molecular complexity index is 1360. The van der Waals surface area contributed by atoms with Crippen LogP contribution >= 0.6 is 0 Å². The quantitative estimate of drug-likeness (QED) is 0.487. The normalized spacial score (nSPS) is 17.9. The number of hydrogen-bond acceptors (Lipinski definition) is 7. The Kier molecular flexibility index (Phi) is 7.97. The van der Waals surface area contributed by atoms with Gasteiger partial charge in [-0.15, -0.1) is 0 Å². The molecular formula is C30H32N4O6. The first kappa shape index (κ1) is 27.1. The highest BCUT2D eigenvalue weighted by atomic mass is 16.5. The van der Waals surface area contributed by atoms with E-state index in [1.165, 1.54) is 0 Å². The van der Waals surface area contributed by atoms with Gasteiger partial charge in [-0.25, -0.2) is 0 Å². The van der Waals surface area contributed by atoms with Crippen LogP contribution in [0, 0.1) is 0 Å². The molecule has 40 heavy (non-hydrogen) atoms. The van der Waals surface area contributed by atoms with Crippen molar-refractivity contribution in [3.63, 3.8) is 0 Å². The SMILES string of the molecule is COc1ccc(C(=O)N2[C@@H](C(=O)NCc3cccnc3)COC23CCN(C(=O)c2cccc(OC)c2)CC3)cc1. The minimum absolute atomic E-state index is 0.0601. The maximum Gasteiger partial charge on any atom is 0.256 e. The number of pyridine rings is 1. The van der Waals surface area contributed by atoms with E-state index in [9.17, 15) is 14.4 Å². The minimum atomic E-state index is -1.02. The van der Waals surface area contributed by atoms with E-state index >= 15 is 0 Å². The summed E-state index contributed by atoms with van der Waals surface area (Å²) >= 11 is 0. The number of amides is 3. The predicted molar refractivity (Wildman–Crippen MR) is 146 cm³/mol. The molecule has 10 nitrogen and oxygen atoms in total. The van der Waals surface area contributed by atoms with Gasteiger partial charge in [-0.2, -0.15) is 0 Å². The number of nitrogens with zero attached hydrogens (tertiary/aromatic N) is 3. The molecule has 1 spiro atoms. The molecule has 0 bridgehead atoms. The van der Waals surface area contributed by atoms with Gasteiger partial charge in [-0.1, -0.05) is 12.1 Å². The fourth-order valence-corrected chi connectivity index (χ4v) is 5.25. The molecule has 5 rings (SSSR count). The lowest BCUT2D eigenvalue weighted by atomic mass is 9.96. The van der Waals surface area contributed by atoms with Gasteiger partial charge >= 0.3 is 0 Å². The van der Waals surface area contributed by atoms with Crippen LogP contribution in [-0.4, -0.2) is 78.2 Å². The molecule has 1 N–H and O–H groups in total. The molecule has 0 radical (unpaired) electrons. The van der Waals surface area contributed by atoms with Gasteiger partial charge in [-0.3, -0.25) is 24.3 Å². The first-order valence-corrected chi connectivity index (χ1v) is 13.2. The lowest BCUT2D eigenvalue weighted by Crippen LogP contribution is -2.59. The molecule has 2 aliphatic heterocycles. The zero-order valence-corrected chi connectivity index (χ0v) is 22.5. The van der Waals surface area contributed by atoms with Gasteiger partial charge in [0.25, 0.3) is 11.8 Å². The van der Waals surface area contributed by atoms with Gasteiger partial charge in [0.2, 0.25) is 5.91 Å². The Morgan fingerprint density at radius 3 is 2.38 bits per heavy atom. The molecule has 3 heterocycles. The van der Waals surface area contributed by atoms with Gasteiger partial charge in [-0.05, 0) is 54.1 Å². The number of benzene rings is 2. The first-order valence-electron chi connectivity index (χ1n) is 13.2. The monoisotopic (exact) mass is 544 g/mol. The van der Waals surface area contributed by atoms with Crippen molar-refractivity contribution in [2.45, 2.75) is 31.2 Å². The summed E-state index contributed by atoms with van der Waals surface area (Å²) in [7, 11) is 3.12. The smallest absolute Gasteiger partial charge is 0.256 e. The Labute approximate surface area is 232 Å². The van der Waals surface area contributed by atoms with Gasteiger partial charge in [0.05, 0.1) is 20.8 Å². The number of methoxy groups -OCH3 is 2. The fraction of sp³-hybridized carbons (Fsp3) is 0.333. The maximum atomic E-state index is 13.9. The predicted octanol–water partition coefficient (Wildman–Crippen LogP) is 2.89. The number of carbonyl (C=O) groups excluding carboxylic acids is 3. The van der Waals surface area contributed by atoms with Gasteiger partial charge in [0.1, 0.15) is 23.3 Å². The Hall–Kier alpha value is -4.44. The zero-order chi connectivity index (χ0) is 28.1. The van der Waals surface area contributed by atoms with Crippen molar-refractivity contribution in [1.82, 2.24) is 20.1 Å². The van der Waals surface area contributed by atoms with Crippen molar-refractivity contribution < 1.29 is 28.6 Å². The topological polar surface area (TPSA) is 110 Å². The summed E-state index contributed by atoms with van der Waals surface area (Å²) in [6, 6.07) is 16.7. The van der Waals surface area contributed by atoms with Crippen molar-refractivity contribution in [2.24, 2.45) is 0 Å². The molecule has 0 saturated carbocycles. The van der Waals surface area contributed by atoms with Crippen LogP contribution in [0.3, 0.4) is 0 Å². The third-order valence-electron chi connectivity index (χ3n) is 7.46. The number of aromatic nitrogens is 1. The van der Waals surface area contributed by atoms with Crippen molar-refractivity contribution in [1.29, 1.82) is 0 Å². The van der Waals surface area contributed by atoms with Crippen molar-refractivity contribution >= 4 is 17.7 Å². The van der Waals surface area contributed by atoms with Crippen LogP contribution in [0.5, 0.6) is 11.5 Å². The van der Waals surface area contributed by atoms with E-state index in [1.807, 2.05) is 6.07 Å². The van der Waals surface area contributed by atoms with Crippen LogP contribution in [0.2, 0.25) is 0 Å². The van der Waals surface area contributed by atoms with Crippen LogP contribution in [0.1, 0.15) is 39.1 Å². The van der Waals surface area contributed by atoms with Gasteiger partial charge < -0.3 is 24.4 Å². The highest BCUT2D eigenvalue weighted by Crippen LogP contribution is 2.39. The van der Waals surface area contributed by atoms with Gasteiger partial charge in [0, 0.05) is 56.0 Å². The van der Waals surface area contributed by atoms with Crippen LogP contribution in [-0.2, 0) is 16.1 Å². The molecule has 2 aromatic carbocycles. The standard InChI is InChI=1S/C30H32N4O6/c1-38-24-10-8-22(9-11-24)29(37)34-26(27(35)32-19-21-5-4-14-31-18-21)20-40-30(34)12-15-33(16-13-30)28(36)23-6-3-7-25(17-23)39-2/h3-11,14,17-18,26H,12-13,15-16,19-20H2,1-2H3,(H,32,35)/t26-/m1/s1. The van der Waals surface area contributed by atoms with Gasteiger partial charge in [0.15, 0.2) is 0 Å². The first-order chi connectivity index (χ1) is 19.4. The van der Waals surface area contributed by atoms with E-state index in [2.05, 4.69) is 10.3 Å². The molecule has 2 fully saturated rings. The Balaban J connectivity index is 1.36. The van der Waals surface area contributed by atoms with Crippen LogP contribution in [0.25, 0.3) is 0 Å². The molecule has 3 amide bonds. The largest absolute Gasteiger partial charge is 0.497 e. The number of likely N-dealkylation sites (tertiary alicyclic amines) is 1. The highest BCUT2D eigenvalue weighted by Gasteiger charge is 2.54. The second-order valence-electron chi connectivity index (χ2n) is 9.78. The van der Waals surface area contributed by atoms with Crippen molar-refractivity contribution in [2.75, 3.05) is 33.9 Å². The van der Waals surface area contributed by atoms with Crippen LogP contribution < -0.4 is 14.8 Å². The van der Waals surface area contributed by atoms with E-state index in [1.54, 1.807) is 91.0 Å². The molecular weight excluding hydrogens is 512 g/mol.